The predicted molar refractivity (Wildman–Crippen MR) is 130 cm³/mol. The molecular formula is C24H19Br2NO6. The largest absolute Gasteiger partial charge is 0.504 e. The van der Waals surface area contributed by atoms with Crippen molar-refractivity contribution in [2.45, 2.75) is 19.3 Å². The zero-order valence-corrected chi connectivity index (χ0v) is 20.5. The first kappa shape index (κ1) is 24.5. The Morgan fingerprint density at radius 2 is 1.64 bits per heavy atom. The molecule has 1 atom stereocenters. The molecule has 3 rings (SSSR count). The lowest BCUT2D eigenvalue weighted by Gasteiger charge is -2.16. The molecule has 0 saturated heterocycles. The first-order valence-corrected chi connectivity index (χ1v) is 11.4. The summed E-state index contributed by atoms with van der Waals surface area (Å²) in [5.74, 6) is -2.47. The number of hydrogen-bond acceptors (Lipinski definition) is 5. The van der Waals surface area contributed by atoms with Gasteiger partial charge in [-0.15, -0.1) is 0 Å². The van der Waals surface area contributed by atoms with Crippen LogP contribution in [0.4, 0.5) is 5.69 Å². The van der Waals surface area contributed by atoms with Gasteiger partial charge in [0.25, 0.3) is 0 Å². The number of rotatable bonds is 7. The second-order valence-electron chi connectivity index (χ2n) is 7.25. The molecule has 0 spiro atoms. The lowest BCUT2D eigenvalue weighted by Crippen LogP contribution is -2.21. The number of benzene rings is 3. The van der Waals surface area contributed by atoms with E-state index < -0.39 is 11.9 Å². The summed E-state index contributed by atoms with van der Waals surface area (Å²) in [5, 5.41) is 21.5. The van der Waals surface area contributed by atoms with Crippen LogP contribution in [-0.4, -0.2) is 27.9 Å². The van der Waals surface area contributed by atoms with Gasteiger partial charge in [-0.2, -0.15) is 0 Å². The second-order valence-corrected chi connectivity index (χ2v) is 8.96. The third-order valence-corrected chi connectivity index (χ3v) is 5.98. The van der Waals surface area contributed by atoms with E-state index in [1.54, 1.807) is 30.3 Å². The molecule has 0 saturated carbocycles. The number of aromatic hydroxyl groups is 1. The summed E-state index contributed by atoms with van der Waals surface area (Å²) >= 11 is 6.64. The van der Waals surface area contributed by atoms with E-state index in [0.29, 0.717) is 26.7 Å². The minimum atomic E-state index is -1.60. The van der Waals surface area contributed by atoms with E-state index in [9.17, 15) is 19.5 Å². The van der Waals surface area contributed by atoms with E-state index in [4.69, 9.17) is 9.84 Å². The van der Waals surface area contributed by atoms with Crippen molar-refractivity contribution in [3.63, 3.8) is 0 Å². The number of aliphatic carboxylic acids is 1. The lowest BCUT2D eigenvalue weighted by molar-refractivity contribution is -0.147. The number of amides is 1. The van der Waals surface area contributed by atoms with Crippen LogP contribution in [0.15, 0.2) is 69.6 Å². The van der Waals surface area contributed by atoms with E-state index in [1.807, 2.05) is 25.1 Å². The van der Waals surface area contributed by atoms with E-state index in [2.05, 4.69) is 37.2 Å². The molecule has 0 bridgehead atoms. The molecule has 0 radical (unpaired) electrons. The third-order valence-electron chi connectivity index (χ3n) is 4.80. The van der Waals surface area contributed by atoms with Crippen LogP contribution in [0.25, 0.3) is 0 Å². The van der Waals surface area contributed by atoms with Crippen LogP contribution in [0, 0.1) is 0 Å². The number of hydrogen-bond donors (Lipinski definition) is 3. The molecule has 7 nitrogen and oxygen atoms in total. The SMILES string of the molecule is CC(CC(=O)c1ccccc1)c1ccc(Oc2c(Br)cc(NC(=O)C(=O)O)cc2Br)c(O)c1. The molecular weight excluding hydrogens is 558 g/mol. The third kappa shape index (κ3) is 6.21. The van der Waals surface area contributed by atoms with E-state index in [1.165, 1.54) is 12.1 Å². The van der Waals surface area contributed by atoms with Gasteiger partial charge in [-0.25, -0.2) is 4.79 Å². The molecule has 3 aromatic carbocycles. The predicted octanol–water partition coefficient (Wildman–Crippen LogP) is 6.11. The minimum Gasteiger partial charge on any atom is -0.504 e. The van der Waals surface area contributed by atoms with Crippen LogP contribution in [0.3, 0.4) is 0 Å². The highest BCUT2D eigenvalue weighted by molar-refractivity contribution is 9.11. The maximum Gasteiger partial charge on any atom is 0.394 e. The Bertz CT molecular complexity index is 1190. The zero-order chi connectivity index (χ0) is 24.1. The van der Waals surface area contributed by atoms with Gasteiger partial charge in [0, 0.05) is 17.7 Å². The van der Waals surface area contributed by atoms with E-state index >= 15 is 0 Å². The highest BCUT2D eigenvalue weighted by atomic mass is 79.9. The molecule has 0 fully saturated rings. The molecule has 9 heteroatoms. The Balaban J connectivity index is 1.74. The van der Waals surface area contributed by atoms with E-state index in [-0.39, 0.29) is 28.9 Å². The summed E-state index contributed by atoms with van der Waals surface area (Å²) in [7, 11) is 0. The summed E-state index contributed by atoms with van der Waals surface area (Å²) in [4.78, 5) is 34.6. The Kier molecular flexibility index (Phi) is 7.88. The molecule has 3 aromatic rings. The fraction of sp³-hybridized carbons (Fsp3) is 0.125. The van der Waals surface area contributed by atoms with Crippen LogP contribution < -0.4 is 10.1 Å². The van der Waals surface area contributed by atoms with Crippen molar-refractivity contribution in [3.05, 3.63) is 80.7 Å². The highest BCUT2D eigenvalue weighted by Gasteiger charge is 2.18. The standard InChI is InChI=1S/C24H19Br2NO6/c1-13(9-19(28)14-5-3-2-4-6-14)15-7-8-21(20(29)10-15)33-22-17(25)11-16(12-18(22)26)27-23(30)24(31)32/h2-8,10-13,29H,9H2,1H3,(H,27,30)(H,31,32). The number of carbonyl (C=O) groups excluding carboxylic acids is 2. The number of phenolic OH excluding ortho intramolecular Hbond substituents is 1. The number of carbonyl (C=O) groups is 3. The summed E-state index contributed by atoms with van der Waals surface area (Å²) in [5.41, 5.74) is 1.67. The zero-order valence-electron chi connectivity index (χ0n) is 17.3. The van der Waals surface area contributed by atoms with Crippen molar-refractivity contribution in [2.24, 2.45) is 0 Å². The van der Waals surface area contributed by atoms with Gasteiger partial charge in [-0.05, 0) is 67.6 Å². The number of ether oxygens (including phenoxy) is 1. The van der Waals surface area contributed by atoms with Crippen molar-refractivity contribution >= 4 is 55.2 Å². The lowest BCUT2D eigenvalue weighted by atomic mass is 9.93. The summed E-state index contributed by atoms with van der Waals surface area (Å²) < 4.78 is 6.66. The normalized spacial score (nSPS) is 11.5. The topological polar surface area (TPSA) is 113 Å². The Morgan fingerprint density at radius 1 is 1.00 bits per heavy atom. The molecule has 170 valence electrons. The molecule has 0 aromatic heterocycles. The maximum atomic E-state index is 12.5. The van der Waals surface area contributed by atoms with Gasteiger partial charge >= 0.3 is 11.9 Å². The highest BCUT2D eigenvalue weighted by Crippen LogP contribution is 2.42. The number of carboxylic acids is 1. The van der Waals surface area contributed by atoms with Crippen molar-refractivity contribution in [1.29, 1.82) is 0 Å². The van der Waals surface area contributed by atoms with E-state index in [0.717, 1.165) is 5.56 Å². The van der Waals surface area contributed by atoms with Gasteiger partial charge in [0.1, 0.15) is 0 Å². The molecule has 0 aliphatic heterocycles. The van der Waals surface area contributed by atoms with Crippen LogP contribution in [0.2, 0.25) is 0 Å². The number of ketones is 1. The Hall–Kier alpha value is -3.17. The molecule has 0 aliphatic rings. The molecule has 1 unspecified atom stereocenters. The smallest absolute Gasteiger partial charge is 0.394 e. The average Bonchev–Trinajstić information content (AvgIpc) is 2.77. The van der Waals surface area contributed by atoms with Gasteiger partial charge in [0.2, 0.25) is 0 Å². The van der Waals surface area contributed by atoms with Gasteiger partial charge in [0.15, 0.2) is 23.0 Å². The molecule has 0 heterocycles. The van der Waals surface area contributed by atoms with Crippen LogP contribution in [0.1, 0.15) is 35.2 Å². The summed E-state index contributed by atoms with van der Waals surface area (Å²) in [6.07, 6.45) is 0.296. The van der Waals surface area contributed by atoms with Crippen LogP contribution in [0.5, 0.6) is 17.2 Å². The molecule has 33 heavy (non-hydrogen) atoms. The van der Waals surface area contributed by atoms with Crippen LogP contribution in [-0.2, 0) is 9.59 Å². The molecule has 3 N–H and O–H groups in total. The van der Waals surface area contributed by atoms with Gasteiger partial charge in [-0.3, -0.25) is 9.59 Å². The maximum absolute atomic E-state index is 12.5. The summed E-state index contributed by atoms with van der Waals surface area (Å²) in [6, 6.07) is 16.9. The van der Waals surface area contributed by atoms with Crippen molar-refractivity contribution in [1.82, 2.24) is 0 Å². The van der Waals surface area contributed by atoms with Crippen LogP contribution >= 0.6 is 31.9 Å². The van der Waals surface area contributed by atoms with Gasteiger partial charge in [-0.1, -0.05) is 43.3 Å². The Morgan fingerprint density at radius 3 is 2.21 bits per heavy atom. The second kappa shape index (κ2) is 10.6. The minimum absolute atomic E-state index is 0.0193. The molecule has 0 aliphatic carbocycles. The number of carboxylic acid groups (broad SMARTS) is 1. The van der Waals surface area contributed by atoms with Crippen molar-refractivity contribution in [2.75, 3.05) is 5.32 Å². The van der Waals surface area contributed by atoms with Crippen molar-refractivity contribution < 1.29 is 29.3 Å². The Labute approximate surface area is 206 Å². The first-order chi connectivity index (χ1) is 15.7. The number of halogens is 2. The number of phenols is 1. The van der Waals surface area contributed by atoms with Gasteiger partial charge in [0.05, 0.1) is 8.95 Å². The number of nitrogens with one attached hydrogen (secondary N) is 1. The summed E-state index contributed by atoms with van der Waals surface area (Å²) in [6.45, 7) is 1.91. The molecule has 1 amide bonds. The fourth-order valence-corrected chi connectivity index (χ4v) is 4.44. The average molecular weight is 577 g/mol. The van der Waals surface area contributed by atoms with Gasteiger partial charge < -0.3 is 20.3 Å². The number of Topliss-reactive ketones (excluding diaryl/α,β-unsaturated/α-hetero) is 1. The first-order valence-electron chi connectivity index (χ1n) is 9.78. The monoisotopic (exact) mass is 575 g/mol. The fourth-order valence-electron chi connectivity index (χ4n) is 3.09. The quantitative estimate of drug-likeness (QED) is 0.231. The number of anilines is 1. The van der Waals surface area contributed by atoms with Crippen molar-refractivity contribution in [3.8, 4) is 17.2 Å².